The van der Waals surface area contributed by atoms with Crippen LogP contribution in [0.1, 0.15) is 62.2 Å². The molecule has 4 rings (SSSR count). The lowest BCUT2D eigenvalue weighted by Crippen LogP contribution is -2.32. The lowest BCUT2D eigenvalue weighted by atomic mass is 9.98. The predicted octanol–water partition coefficient (Wildman–Crippen LogP) is 2.98. The van der Waals surface area contributed by atoms with Crippen LogP contribution in [0.15, 0.2) is 22.4 Å². The van der Waals surface area contributed by atoms with E-state index in [0.29, 0.717) is 35.6 Å². The first kappa shape index (κ1) is 21.4. The van der Waals surface area contributed by atoms with Crippen LogP contribution in [0, 0.1) is 12.8 Å². The summed E-state index contributed by atoms with van der Waals surface area (Å²) in [7, 11) is 1.74. The summed E-state index contributed by atoms with van der Waals surface area (Å²) in [6.07, 6.45) is 9.60. The Kier molecular flexibility index (Phi) is 6.60. The Labute approximate surface area is 183 Å². The van der Waals surface area contributed by atoms with Crippen molar-refractivity contribution in [2.75, 3.05) is 18.9 Å². The van der Waals surface area contributed by atoms with Crippen LogP contribution in [0.25, 0.3) is 5.70 Å². The highest BCUT2D eigenvalue weighted by molar-refractivity contribution is 5.64. The smallest absolute Gasteiger partial charge is 0.321 e. The van der Waals surface area contributed by atoms with Crippen LogP contribution in [0.5, 0.6) is 5.75 Å². The Bertz CT molecular complexity index is 914. The van der Waals surface area contributed by atoms with Crippen molar-refractivity contribution in [1.82, 2.24) is 20.1 Å². The molecule has 168 valence electrons. The highest BCUT2D eigenvalue weighted by Gasteiger charge is 2.24. The van der Waals surface area contributed by atoms with E-state index in [0.717, 1.165) is 36.5 Å². The second kappa shape index (κ2) is 9.55. The van der Waals surface area contributed by atoms with Crippen LogP contribution in [0.3, 0.4) is 0 Å². The Balaban J connectivity index is 1.43. The number of nitrogens with one attached hydrogen (secondary N) is 1. The predicted molar refractivity (Wildman–Crippen MR) is 119 cm³/mol. The number of pyridine rings is 1. The molecule has 0 saturated heterocycles. The Morgan fingerprint density at radius 3 is 2.65 bits per heavy atom. The lowest BCUT2D eigenvalue weighted by molar-refractivity contribution is 0.153. The molecule has 0 atom stereocenters. The van der Waals surface area contributed by atoms with E-state index in [1.165, 1.54) is 37.1 Å². The largest absolute Gasteiger partial charge is 0.489 e. The summed E-state index contributed by atoms with van der Waals surface area (Å²) in [6.45, 7) is 2.28. The standard InChI is InChI=1S/C22H33N7O2/c1-14-19(30-16-6-4-3-5-7-16)11-10-17(26-14)21(23)18(29(2)24)13-25-22-27-20(28-31-22)12-15-8-9-15/h10-11,15-16H,3-9,12-13,23-24H2,1-2H3,(H,25,27,28)/b21-18-. The molecule has 2 aliphatic carbocycles. The molecule has 0 aliphatic heterocycles. The zero-order valence-electron chi connectivity index (χ0n) is 18.4. The molecule has 0 bridgehead atoms. The van der Waals surface area contributed by atoms with E-state index in [2.05, 4.69) is 20.4 Å². The molecule has 0 unspecified atom stereocenters. The Morgan fingerprint density at radius 2 is 1.97 bits per heavy atom. The van der Waals surface area contributed by atoms with E-state index in [-0.39, 0.29) is 6.10 Å². The quantitative estimate of drug-likeness (QED) is 0.408. The van der Waals surface area contributed by atoms with Gasteiger partial charge in [0.15, 0.2) is 5.82 Å². The maximum absolute atomic E-state index is 6.43. The van der Waals surface area contributed by atoms with Gasteiger partial charge in [-0.1, -0.05) is 11.6 Å². The van der Waals surface area contributed by atoms with E-state index in [4.69, 9.17) is 20.8 Å². The monoisotopic (exact) mass is 427 g/mol. The normalized spacial score (nSPS) is 17.9. The summed E-state index contributed by atoms with van der Waals surface area (Å²) < 4.78 is 11.5. The van der Waals surface area contributed by atoms with E-state index in [9.17, 15) is 0 Å². The van der Waals surface area contributed by atoms with Crippen LogP contribution in [-0.4, -0.2) is 39.8 Å². The van der Waals surface area contributed by atoms with Gasteiger partial charge in [-0.2, -0.15) is 4.98 Å². The third kappa shape index (κ3) is 5.66. The van der Waals surface area contributed by atoms with Gasteiger partial charge < -0.3 is 25.3 Å². The van der Waals surface area contributed by atoms with Crippen molar-refractivity contribution in [2.24, 2.45) is 17.5 Å². The van der Waals surface area contributed by atoms with Crippen molar-refractivity contribution in [1.29, 1.82) is 0 Å². The fourth-order valence-electron chi connectivity index (χ4n) is 3.89. The topological polar surface area (TPSA) is 128 Å². The molecule has 2 aliphatic rings. The zero-order chi connectivity index (χ0) is 21.8. The first-order valence-electron chi connectivity index (χ1n) is 11.2. The third-order valence-corrected chi connectivity index (χ3v) is 5.94. The minimum Gasteiger partial charge on any atom is -0.489 e. The molecule has 0 amide bonds. The highest BCUT2D eigenvalue weighted by atomic mass is 16.5. The number of nitrogens with two attached hydrogens (primary N) is 2. The number of aryl methyl sites for hydroxylation is 1. The van der Waals surface area contributed by atoms with Gasteiger partial charge in [0, 0.05) is 13.5 Å². The van der Waals surface area contributed by atoms with Crippen molar-refractivity contribution in [2.45, 2.75) is 64.4 Å². The van der Waals surface area contributed by atoms with Gasteiger partial charge in [0.25, 0.3) is 0 Å². The third-order valence-electron chi connectivity index (χ3n) is 5.94. The van der Waals surface area contributed by atoms with Gasteiger partial charge in [0.05, 0.1) is 35.4 Å². The molecular weight excluding hydrogens is 394 g/mol. The van der Waals surface area contributed by atoms with Gasteiger partial charge in [-0.05, 0) is 63.5 Å². The van der Waals surface area contributed by atoms with Gasteiger partial charge in [0.1, 0.15) is 5.75 Å². The summed E-state index contributed by atoms with van der Waals surface area (Å²) in [5, 5.41) is 8.62. The van der Waals surface area contributed by atoms with E-state index < -0.39 is 0 Å². The Morgan fingerprint density at radius 1 is 1.19 bits per heavy atom. The highest BCUT2D eigenvalue weighted by Crippen LogP contribution is 2.32. The second-order valence-corrected chi connectivity index (χ2v) is 8.65. The van der Waals surface area contributed by atoms with Crippen molar-refractivity contribution in [3.8, 4) is 5.75 Å². The van der Waals surface area contributed by atoms with Crippen molar-refractivity contribution in [3.05, 3.63) is 35.0 Å². The lowest BCUT2D eigenvalue weighted by Gasteiger charge is -2.24. The molecule has 5 N–H and O–H groups in total. The van der Waals surface area contributed by atoms with Crippen molar-refractivity contribution >= 4 is 11.7 Å². The van der Waals surface area contributed by atoms with Crippen LogP contribution in [0.2, 0.25) is 0 Å². The molecule has 2 saturated carbocycles. The molecule has 31 heavy (non-hydrogen) atoms. The molecule has 9 nitrogen and oxygen atoms in total. The minimum absolute atomic E-state index is 0.280. The first-order valence-corrected chi connectivity index (χ1v) is 11.2. The Hall–Kier alpha value is -2.81. The van der Waals surface area contributed by atoms with Crippen LogP contribution in [-0.2, 0) is 6.42 Å². The van der Waals surface area contributed by atoms with Gasteiger partial charge in [-0.15, -0.1) is 0 Å². The average molecular weight is 428 g/mol. The molecule has 0 radical (unpaired) electrons. The minimum atomic E-state index is 0.280. The number of hydrogen-bond donors (Lipinski definition) is 3. The summed E-state index contributed by atoms with van der Waals surface area (Å²) in [6, 6.07) is 4.19. The summed E-state index contributed by atoms with van der Waals surface area (Å²) in [5.74, 6) is 8.30. The van der Waals surface area contributed by atoms with Crippen molar-refractivity contribution in [3.63, 3.8) is 0 Å². The molecule has 9 heteroatoms. The number of hydrogen-bond acceptors (Lipinski definition) is 9. The van der Waals surface area contributed by atoms with Crippen LogP contribution in [0.4, 0.5) is 6.01 Å². The number of aromatic nitrogens is 3. The van der Waals surface area contributed by atoms with Gasteiger partial charge >= 0.3 is 6.01 Å². The molecule has 0 aromatic carbocycles. The van der Waals surface area contributed by atoms with Gasteiger partial charge in [-0.25, -0.2) is 10.8 Å². The average Bonchev–Trinajstić information content (AvgIpc) is 3.46. The maximum atomic E-state index is 6.43. The van der Waals surface area contributed by atoms with Crippen molar-refractivity contribution < 1.29 is 9.26 Å². The SMILES string of the molecule is Cc1nc(/C(N)=C(\CNc2nc(CC3CC3)no2)N(C)N)ccc1OC1CCCCC1. The summed E-state index contributed by atoms with van der Waals surface area (Å²) >= 11 is 0. The maximum Gasteiger partial charge on any atom is 0.321 e. The summed E-state index contributed by atoms with van der Waals surface area (Å²) in [5.41, 5.74) is 9.07. The molecule has 2 aromatic rings. The van der Waals surface area contributed by atoms with E-state index in [1.54, 1.807) is 7.05 Å². The number of ether oxygens (including phenoxy) is 1. The van der Waals surface area contributed by atoms with Crippen LogP contribution < -0.4 is 21.6 Å². The number of rotatable bonds is 9. The van der Waals surface area contributed by atoms with Gasteiger partial charge in [-0.3, -0.25) is 0 Å². The number of anilines is 1. The fourth-order valence-corrected chi connectivity index (χ4v) is 3.89. The fraction of sp³-hybridized carbons (Fsp3) is 0.591. The number of nitrogens with zero attached hydrogens (tertiary/aromatic N) is 4. The van der Waals surface area contributed by atoms with E-state index >= 15 is 0 Å². The molecule has 2 aromatic heterocycles. The van der Waals surface area contributed by atoms with Crippen LogP contribution >= 0.6 is 0 Å². The van der Waals surface area contributed by atoms with Gasteiger partial charge in [0.2, 0.25) is 0 Å². The number of likely N-dealkylation sites (N-methyl/N-ethyl adjacent to an activating group) is 1. The number of hydrazine groups is 1. The summed E-state index contributed by atoms with van der Waals surface area (Å²) in [4.78, 5) is 9.06. The molecular formula is C22H33N7O2. The molecule has 2 heterocycles. The zero-order valence-corrected chi connectivity index (χ0v) is 18.4. The molecule has 2 fully saturated rings. The first-order chi connectivity index (χ1) is 15.0. The van der Waals surface area contributed by atoms with E-state index in [1.807, 2.05) is 19.1 Å². The molecule has 0 spiro atoms. The second-order valence-electron chi connectivity index (χ2n) is 8.65.